The molecule has 0 saturated carbocycles. The second-order valence-corrected chi connectivity index (χ2v) is 14.5. The van der Waals surface area contributed by atoms with Gasteiger partial charge in [0, 0.05) is 16.5 Å². The molecule has 0 amide bonds. The number of para-hydroxylation sites is 1. The molecule has 0 aromatic heterocycles. The van der Waals surface area contributed by atoms with Crippen LogP contribution in [0.15, 0.2) is 84.9 Å². The topological polar surface area (TPSA) is 199 Å². The van der Waals surface area contributed by atoms with Gasteiger partial charge >= 0.3 is 0 Å². The van der Waals surface area contributed by atoms with Crippen LogP contribution in [0.3, 0.4) is 0 Å². The Bertz CT molecular complexity index is 1840. The zero-order valence-corrected chi connectivity index (χ0v) is 32.6. The summed E-state index contributed by atoms with van der Waals surface area (Å²) in [6, 6.07) is 25.8. The largest absolute Gasteiger partial charge is 0.494 e. The lowest BCUT2D eigenvalue weighted by Crippen LogP contribution is -2.55. The summed E-state index contributed by atoms with van der Waals surface area (Å²) in [4.78, 5) is 0. The zero-order valence-electron chi connectivity index (χ0n) is 31.1. The van der Waals surface area contributed by atoms with E-state index < -0.39 is 74.3 Å². The van der Waals surface area contributed by atoms with Crippen LogP contribution in [0.5, 0.6) is 11.5 Å². The molecule has 0 aliphatic carbocycles. The molecule has 12 nitrogen and oxygen atoms in total. The van der Waals surface area contributed by atoms with Gasteiger partial charge in [-0.15, -0.1) is 0 Å². The molecule has 4 aromatic carbocycles. The maximum Gasteiger partial charge on any atom is 0.122 e. The molecule has 0 unspecified atom stereocenters. The van der Waals surface area contributed by atoms with Gasteiger partial charge in [0.15, 0.2) is 0 Å². The summed E-state index contributed by atoms with van der Waals surface area (Å²) in [5.74, 6) is 1.58. The molecule has 8 N–H and O–H groups in total. The van der Waals surface area contributed by atoms with E-state index in [-0.39, 0.29) is 0 Å². The number of benzene rings is 4. The van der Waals surface area contributed by atoms with E-state index in [0.717, 1.165) is 33.8 Å². The van der Waals surface area contributed by atoms with Gasteiger partial charge in [0.1, 0.15) is 72.5 Å². The molecular weight excluding hydrogens is 767 g/mol. The second kappa shape index (κ2) is 20.4. The number of ether oxygens (including phenoxy) is 4. The minimum atomic E-state index is -1.42. The normalized spacial score (nSPS) is 27.6. The molecule has 0 bridgehead atoms. The lowest BCUT2D eigenvalue weighted by atomic mass is 9.90. The van der Waals surface area contributed by atoms with E-state index in [2.05, 4.69) is 0 Å². The smallest absolute Gasteiger partial charge is 0.122 e. The Morgan fingerprint density at radius 3 is 1.50 bits per heavy atom. The number of aliphatic hydroxyl groups is 8. The number of aliphatic hydroxyl groups excluding tert-OH is 8. The fourth-order valence-electron chi connectivity index (χ4n) is 6.81. The van der Waals surface area contributed by atoms with Crippen molar-refractivity contribution in [3.05, 3.63) is 128 Å². The molecule has 4 aromatic rings. The van der Waals surface area contributed by atoms with Gasteiger partial charge in [-0.1, -0.05) is 77.8 Å². The minimum absolute atomic E-state index is 0.464. The van der Waals surface area contributed by atoms with Crippen molar-refractivity contribution in [2.75, 3.05) is 26.4 Å². The van der Waals surface area contributed by atoms with Crippen molar-refractivity contribution in [1.29, 1.82) is 0 Å². The van der Waals surface area contributed by atoms with Gasteiger partial charge in [0.25, 0.3) is 0 Å². The maximum atomic E-state index is 10.4. The van der Waals surface area contributed by atoms with E-state index in [1.165, 1.54) is 0 Å². The number of hydrogen-bond acceptors (Lipinski definition) is 12. The summed E-state index contributed by atoms with van der Waals surface area (Å²) in [5, 5.41) is 80.6. The second-order valence-electron chi connectivity index (χ2n) is 13.7. The highest BCUT2D eigenvalue weighted by molar-refractivity contribution is 6.31. The van der Waals surface area contributed by atoms with Crippen LogP contribution in [0.4, 0.5) is 0 Å². The Balaban J connectivity index is 0.000000214. The van der Waals surface area contributed by atoms with E-state index in [9.17, 15) is 40.9 Å². The predicted octanol–water partition coefficient (Wildman–Crippen LogP) is 3.69. The molecule has 304 valence electrons. The van der Waals surface area contributed by atoms with E-state index in [4.69, 9.17) is 42.1 Å². The average Bonchev–Trinajstić information content (AvgIpc) is 3.20. The highest BCUT2D eigenvalue weighted by atomic mass is 35.5. The Hall–Kier alpha value is -3.34. The molecule has 0 spiro atoms. The van der Waals surface area contributed by atoms with Gasteiger partial charge in [-0.05, 0) is 84.0 Å². The van der Waals surface area contributed by atoms with Crippen molar-refractivity contribution in [3.8, 4) is 11.5 Å². The summed E-state index contributed by atoms with van der Waals surface area (Å²) in [5.41, 5.74) is 4.87. The van der Waals surface area contributed by atoms with E-state index in [0.29, 0.717) is 47.2 Å². The van der Waals surface area contributed by atoms with Crippen LogP contribution in [0, 0.1) is 0 Å². The third-order valence-electron chi connectivity index (χ3n) is 9.86. The van der Waals surface area contributed by atoms with E-state index in [1.54, 1.807) is 30.3 Å². The van der Waals surface area contributed by atoms with Crippen LogP contribution >= 0.6 is 23.2 Å². The molecule has 2 heterocycles. The summed E-state index contributed by atoms with van der Waals surface area (Å²) in [6.07, 6.45) is -10.9. The Labute approximate surface area is 336 Å². The summed E-state index contributed by atoms with van der Waals surface area (Å²) < 4.78 is 22.4. The van der Waals surface area contributed by atoms with Crippen molar-refractivity contribution in [3.63, 3.8) is 0 Å². The Morgan fingerprint density at radius 2 is 1.02 bits per heavy atom. The first kappa shape index (κ1) is 43.8. The van der Waals surface area contributed by atoms with Gasteiger partial charge < -0.3 is 59.8 Å². The third-order valence-corrected chi connectivity index (χ3v) is 10.6. The molecule has 2 aliphatic heterocycles. The highest BCUT2D eigenvalue weighted by Crippen LogP contribution is 2.36. The standard InChI is InChI=1S/2C21H25ClO6/c1-2-27-15-6-3-12(4-7-15)9-14-10-13(5-8-16(14)22)21-20(26)19(25)18(24)17(11-23)28-21;1-2-27-16-6-4-3-5-12(16)9-14-10-13(7-8-15(14)22)21-20(26)19(25)18(24)17(11-23)28-21/h2*3-8,10,17-21,23-26H,2,9,11H2,1H3/t17-,18-,19+,20-,21-;17-,18-,19+,20-,21+/m11/s1. The maximum absolute atomic E-state index is 10.4. The highest BCUT2D eigenvalue weighted by Gasteiger charge is 2.45. The van der Waals surface area contributed by atoms with Crippen molar-refractivity contribution < 1.29 is 59.8 Å². The number of hydrogen-bond donors (Lipinski definition) is 8. The zero-order chi connectivity index (χ0) is 40.5. The van der Waals surface area contributed by atoms with Crippen molar-refractivity contribution >= 4 is 23.2 Å². The van der Waals surface area contributed by atoms with Crippen LogP contribution in [0.25, 0.3) is 0 Å². The lowest BCUT2D eigenvalue weighted by Gasteiger charge is -2.40. The minimum Gasteiger partial charge on any atom is -0.494 e. The summed E-state index contributed by atoms with van der Waals surface area (Å²) >= 11 is 12.7. The molecular formula is C42H50Cl2O12. The van der Waals surface area contributed by atoms with Crippen LogP contribution in [0.2, 0.25) is 10.0 Å². The predicted molar refractivity (Wildman–Crippen MR) is 209 cm³/mol. The summed E-state index contributed by atoms with van der Waals surface area (Å²) in [7, 11) is 0. The number of rotatable bonds is 12. The van der Waals surface area contributed by atoms with Gasteiger partial charge in [-0.3, -0.25) is 0 Å². The molecule has 2 aliphatic rings. The molecule has 6 rings (SSSR count). The Morgan fingerprint density at radius 1 is 0.536 bits per heavy atom. The van der Waals surface area contributed by atoms with Gasteiger partial charge in [-0.2, -0.15) is 0 Å². The SMILES string of the molecule is CCOc1ccc(Cc2cc([C@H]3O[C@H](CO)[C@@H](O)[C@H](O)[C@H]3O)ccc2Cl)cc1.CCOc1ccccc1Cc1cc([C@@H]2O[C@H](CO)[C@@H](O)[C@H](O)[C@H]2O)ccc1Cl. The third kappa shape index (κ3) is 10.4. The van der Waals surface area contributed by atoms with E-state index in [1.807, 2.05) is 68.4 Å². The van der Waals surface area contributed by atoms with Crippen LogP contribution in [-0.4, -0.2) is 116 Å². The summed E-state index contributed by atoms with van der Waals surface area (Å²) in [6.45, 7) is 4.07. The van der Waals surface area contributed by atoms with Gasteiger partial charge in [-0.25, -0.2) is 0 Å². The van der Waals surface area contributed by atoms with Crippen molar-refractivity contribution in [2.24, 2.45) is 0 Å². The molecule has 14 heteroatoms. The molecule has 2 saturated heterocycles. The quantitative estimate of drug-likeness (QED) is 0.103. The first-order valence-corrected chi connectivity index (χ1v) is 19.3. The van der Waals surface area contributed by atoms with Crippen molar-refractivity contribution in [2.45, 2.75) is 87.7 Å². The molecule has 0 radical (unpaired) electrons. The molecule has 56 heavy (non-hydrogen) atoms. The van der Waals surface area contributed by atoms with E-state index >= 15 is 0 Å². The monoisotopic (exact) mass is 816 g/mol. The van der Waals surface area contributed by atoms with Crippen LogP contribution in [-0.2, 0) is 22.3 Å². The van der Waals surface area contributed by atoms with Crippen LogP contribution < -0.4 is 9.47 Å². The van der Waals surface area contributed by atoms with Gasteiger partial charge in [0.05, 0.1) is 26.4 Å². The average molecular weight is 818 g/mol. The number of halogens is 2. The first-order valence-electron chi connectivity index (χ1n) is 18.5. The molecule has 2 fully saturated rings. The fraction of sp³-hybridized carbons (Fsp3) is 0.429. The Kier molecular flexibility index (Phi) is 15.9. The van der Waals surface area contributed by atoms with Crippen LogP contribution in [0.1, 0.15) is 59.4 Å². The van der Waals surface area contributed by atoms with Gasteiger partial charge in [0.2, 0.25) is 0 Å². The van der Waals surface area contributed by atoms with Crippen molar-refractivity contribution in [1.82, 2.24) is 0 Å². The first-order chi connectivity index (χ1) is 26.9. The fourth-order valence-corrected chi connectivity index (χ4v) is 7.18. The molecule has 10 atom stereocenters. The lowest BCUT2D eigenvalue weighted by molar-refractivity contribution is -0.231.